The Kier molecular flexibility index (Phi) is 5.18. The van der Waals surface area contributed by atoms with Gasteiger partial charge in [0.15, 0.2) is 0 Å². The van der Waals surface area contributed by atoms with E-state index in [1.54, 1.807) is 0 Å². The number of nitrogens with one attached hydrogen (secondary N) is 1. The molecule has 1 aliphatic rings. The lowest BCUT2D eigenvalue weighted by Crippen LogP contribution is -2.22. The van der Waals surface area contributed by atoms with Gasteiger partial charge in [-0.05, 0) is 37.5 Å². The highest BCUT2D eigenvalue weighted by Gasteiger charge is 2.15. The van der Waals surface area contributed by atoms with Crippen LogP contribution < -0.4 is 10.1 Å². The number of anilines is 1. The van der Waals surface area contributed by atoms with Gasteiger partial charge in [0.25, 0.3) is 0 Å². The van der Waals surface area contributed by atoms with Crippen LogP contribution in [0.1, 0.15) is 45.4 Å². The zero-order chi connectivity index (χ0) is 12.8. The van der Waals surface area contributed by atoms with Crippen molar-refractivity contribution in [2.24, 2.45) is 0 Å². The van der Waals surface area contributed by atoms with Crippen LogP contribution in [-0.4, -0.2) is 12.6 Å². The minimum atomic E-state index is 0.571. The Morgan fingerprint density at radius 3 is 2.78 bits per heavy atom. The van der Waals surface area contributed by atoms with E-state index in [1.807, 2.05) is 18.2 Å². The first kappa shape index (κ1) is 13.5. The van der Waals surface area contributed by atoms with Crippen molar-refractivity contribution in [1.82, 2.24) is 0 Å². The number of ether oxygens (including phenoxy) is 1. The molecule has 1 fully saturated rings. The fraction of sp³-hybridized carbons (Fsp3) is 0.600. The quantitative estimate of drug-likeness (QED) is 0.821. The van der Waals surface area contributed by atoms with Crippen molar-refractivity contribution in [2.45, 2.75) is 51.5 Å². The molecule has 18 heavy (non-hydrogen) atoms. The van der Waals surface area contributed by atoms with Gasteiger partial charge in [-0.3, -0.25) is 0 Å². The van der Waals surface area contributed by atoms with Crippen molar-refractivity contribution in [1.29, 1.82) is 0 Å². The second kappa shape index (κ2) is 6.89. The second-order valence-corrected chi connectivity index (χ2v) is 5.40. The highest BCUT2D eigenvalue weighted by molar-refractivity contribution is 6.30. The van der Waals surface area contributed by atoms with Crippen LogP contribution in [0.2, 0.25) is 5.02 Å². The first-order valence-electron chi connectivity index (χ1n) is 6.98. The van der Waals surface area contributed by atoms with Gasteiger partial charge in [0.1, 0.15) is 5.75 Å². The molecule has 0 aromatic heterocycles. The molecule has 0 bridgehead atoms. The molecule has 0 radical (unpaired) electrons. The summed E-state index contributed by atoms with van der Waals surface area (Å²) < 4.78 is 5.76. The number of halogens is 1. The average Bonchev–Trinajstić information content (AvgIpc) is 2.39. The highest BCUT2D eigenvalue weighted by Crippen LogP contribution is 2.31. The molecular weight excluding hydrogens is 246 g/mol. The summed E-state index contributed by atoms with van der Waals surface area (Å²) in [5.41, 5.74) is 1.04. The lowest BCUT2D eigenvalue weighted by Gasteiger charge is -2.25. The van der Waals surface area contributed by atoms with Gasteiger partial charge in [-0.1, -0.05) is 37.8 Å². The molecule has 0 aliphatic heterocycles. The second-order valence-electron chi connectivity index (χ2n) is 4.97. The fourth-order valence-corrected chi connectivity index (χ4v) is 2.59. The molecule has 1 aromatic rings. The van der Waals surface area contributed by atoms with Crippen LogP contribution in [0.25, 0.3) is 0 Å². The molecule has 2 rings (SSSR count). The minimum absolute atomic E-state index is 0.571. The molecule has 0 saturated heterocycles. The summed E-state index contributed by atoms with van der Waals surface area (Å²) in [7, 11) is 0. The van der Waals surface area contributed by atoms with E-state index in [9.17, 15) is 0 Å². The van der Waals surface area contributed by atoms with E-state index in [-0.39, 0.29) is 0 Å². The monoisotopic (exact) mass is 267 g/mol. The third kappa shape index (κ3) is 3.81. The maximum Gasteiger partial charge on any atom is 0.142 e. The SMILES string of the molecule is CCCOc1ccc(Cl)cc1NC1CCCCC1. The smallest absolute Gasteiger partial charge is 0.142 e. The van der Waals surface area contributed by atoms with Crippen LogP contribution in [0.3, 0.4) is 0 Å². The molecule has 0 heterocycles. The summed E-state index contributed by atoms with van der Waals surface area (Å²) in [6.45, 7) is 2.87. The standard InChI is InChI=1S/C15H22ClNO/c1-2-10-18-15-9-8-12(16)11-14(15)17-13-6-4-3-5-7-13/h8-9,11,13,17H,2-7,10H2,1H3. The minimum Gasteiger partial charge on any atom is -0.491 e. The molecule has 100 valence electrons. The molecule has 0 unspecified atom stereocenters. The van der Waals surface area contributed by atoms with Gasteiger partial charge in [-0.25, -0.2) is 0 Å². The van der Waals surface area contributed by atoms with Gasteiger partial charge in [-0.15, -0.1) is 0 Å². The van der Waals surface area contributed by atoms with E-state index < -0.39 is 0 Å². The average molecular weight is 268 g/mol. The van der Waals surface area contributed by atoms with Crippen LogP contribution in [0.5, 0.6) is 5.75 Å². The molecule has 1 aliphatic carbocycles. The van der Waals surface area contributed by atoms with E-state index in [2.05, 4.69) is 12.2 Å². The normalized spacial score (nSPS) is 16.6. The largest absolute Gasteiger partial charge is 0.491 e. The molecule has 0 amide bonds. The Hall–Kier alpha value is -0.890. The van der Waals surface area contributed by atoms with E-state index in [0.29, 0.717) is 6.04 Å². The van der Waals surface area contributed by atoms with E-state index in [4.69, 9.17) is 16.3 Å². The Morgan fingerprint density at radius 2 is 2.06 bits per heavy atom. The van der Waals surface area contributed by atoms with Crippen molar-refractivity contribution in [3.05, 3.63) is 23.2 Å². The van der Waals surface area contributed by atoms with Crippen LogP contribution >= 0.6 is 11.6 Å². The molecule has 1 aromatic carbocycles. The number of rotatable bonds is 5. The third-order valence-electron chi connectivity index (χ3n) is 3.37. The highest BCUT2D eigenvalue weighted by atomic mass is 35.5. The lowest BCUT2D eigenvalue weighted by molar-refractivity contribution is 0.318. The molecule has 3 heteroatoms. The van der Waals surface area contributed by atoms with Crippen molar-refractivity contribution in [3.8, 4) is 5.75 Å². The molecule has 1 N–H and O–H groups in total. The van der Waals surface area contributed by atoms with Gasteiger partial charge in [0.05, 0.1) is 12.3 Å². The zero-order valence-electron chi connectivity index (χ0n) is 11.0. The van der Waals surface area contributed by atoms with Crippen molar-refractivity contribution >= 4 is 17.3 Å². The van der Waals surface area contributed by atoms with Crippen LogP contribution in [0, 0.1) is 0 Å². The zero-order valence-corrected chi connectivity index (χ0v) is 11.8. The predicted molar refractivity (Wildman–Crippen MR) is 77.7 cm³/mol. The maximum atomic E-state index is 6.07. The van der Waals surface area contributed by atoms with Crippen LogP contribution in [-0.2, 0) is 0 Å². The van der Waals surface area contributed by atoms with Crippen LogP contribution in [0.4, 0.5) is 5.69 Å². The van der Waals surface area contributed by atoms with Crippen molar-refractivity contribution < 1.29 is 4.74 Å². The van der Waals surface area contributed by atoms with Gasteiger partial charge in [0.2, 0.25) is 0 Å². The summed E-state index contributed by atoms with van der Waals surface area (Å²) in [6.07, 6.45) is 7.53. The van der Waals surface area contributed by atoms with Crippen molar-refractivity contribution in [3.63, 3.8) is 0 Å². The number of hydrogen-bond donors (Lipinski definition) is 1. The maximum absolute atomic E-state index is 6.07. The molecule has 2 nitrogen and oxygen atoms in total. The molecule has 1 saturated carbocycles. The summed E-state index contributed by atoms with van der Waals surface area (Å²) in [5, 5.41) is 4.35. The van der Waals surface area contributed by atoms with Gasteiger partial charge < -0.3 is 10.1 Å². The summed E-state index contributed by atoms with van der Waals surface area (Å²) in [5.74, 6) is 0.923. The Bertz CT molecular complexity index is 375. The topological polar surface area (TPSA) is 21.3 Å². The van der Waals surface area contributed by atoms with Gasteiger partial charge in [0, 0.05) is 11.1 Å². The van der Waals surface area contributed by atoms with Gasteiger partial charge in [-0.2, -0.15) is 0 Å². The third-order valence-corrected chi connectivity index (χ3v) is 3.60. The Labute approximate surface area is 115 Å². The van der Waals surface area contributed by atoms with Crippen molar-refractivity contribution in [2.75, 3.05) is 11.9 Å². The van der Waals surface area contributed by atoms with E-state index in [0.717, 1.165) is 29.5 Å². The van der Waals surface area contributed by atoms with E-state index >= 15 is 0 Å². The van der Waals surface area contributed by atoms with Gasteiger partial charge >= 0.3 is 0 Å². The molecular formula is C15H22ClNO. The molecule has 0 spiro atoms. The number of benzene rings is 1. The first-order chi connectivity index (χ1) is 8.79. The first-order valence-corrected chi connectivity index (χ1v) is 7.36. The number of hydrogen-bond acceptors (Lipinski definition) is 2. The van der Waals surface area contributed by atoms with E-state index in [1.165, 1.54) is 32.1 Å². The van der Waals surface area contributed by atoms with Crippen LogP contribution in [0.15, 0.2) is 18.2 Å². The summed E-state index contributed by atoms with van der Waals surface area (Å²) in [4.78, 5) is 0. The summed E-state index contributed by atoms with van der Waals surface area (Å²) >= 11 is 6.07. The lowest BCUT2D eigenvalue weighted by atomic mass is 9.95. The molecule has 0 atom stereocenters. The Morgan fingerprint density at radius 1 is 1.28 bits per heavy atom. The summed E-state index contributed by atoms with van der Waals surface area (Å²) in [6, 6.07) is 6.39. The Balaban J connectivity index is 2.05. The predicted octanol–water partition coefficient (Wildman–Crippen LogP) is 4.87. The fourth-order valence-electron chi connectivity index (χ4n) is 2.42.